The molecule has 0 unspecified atom stereocenters. The molecule has 1 aromatic heterocycles. The van der Waals surface area contributed by atoms with Crippen LogP contribution in [0.3, 0.4) is 0 Å². The predicted octanol–water partition coefficient (Wildman–Crippen LogP) is 3.18. The van der Waals surface area contributed by atoms with E-state index in [1.807, 2.05) is 18.2 Å². The van der Waals surface area contributed by atoms with Gasteiger partial charge in [-0.05, 0) is 72.9 Å². The molecule has 1 N–H and O–H groups in total. The van der Waals surface area contributed by atoms with Crippen molar-refractivity contribution >= 4 is 11.6 Å². The van der Waals surface area contributed by atoms with Gasteiger partial charge in [-0.3, -0.25) is 9.59 Å². The number of amides is 1. The van der Waals surface area contributed by atoms with Crippen molar-refractivity contribution in [2.75, 3.05) is 5.32 Å². The Morgan fingerprint density at radius 2 is 1.81 bits per heavy atom. The average molecular weight is 363 g/mol. The van der Waals surface area contributed by atoms with Gasteiger partial charge >= 0.3 is 0 Å². The summed E-state index contributed by atoms with van der Waals surface area (Å²) in [5.74, 6) is -0.667. The Balaban J connectivity index is 1.51. The topological polar surface area (TPSA) is 64.0 Å². The summed E-state index contributed by atoms with van der Waals surface area (Å²) in [5.41, 5.74) is 4.12. The van der Waals surface area contributed by atoms with E-state index >= 15 is 0 Å². The lowest BCUT2D eigenvalue weighted by atomic mass is 10.1. The van der Waals surface area contributed by atoms with Gasteiger partial charge in [-0.15, -0.1) is 0 Å². The number of hydrogen-bond acceptors (Lipinski definition) is 3. The highest BCUT2D eigenvalue weighted by molar-refractivity contribution is 5.90. The second kappa shape index (κ2) is 7.15. The molecule has 0 atom stereocenters. The van der Waals surface area contributed by atoms with Crippen molar-refractivity contribution in [3.05, 3.63) is 81.9 Å². The van der Waals surface area contributed by atoms with Crippen molar-refractivity contribution in [2.45, 2.75) is 25.8 Å². The number of aryl methyl sites for hydroxylation is 2. The van der Waals surface area contributed by atoms with Crippen LogP contribution in [-0.4, -0.2) is 15.7 Å². The van der Waals surface area contributed by atoms with Crippen LogP contribution in [0.1, 0.15) is 17.5 Å². The Morgan fingerprint density at radius 1 is 1.04 bits per heavy atom. The molecule has 1 amide bonds. The van der Waals surface area contributed by atoms with Gasteiger partial charge in [0.05, 0.1) is 5.69 Å². The summed E-state index contributed by atoms with van der Waals surface area (Å²) in [6, 6.07) is 14.6. The van der Waals surface area contributed by atoms with Gasteiger partial charge < -0.3 is 5.32 Å². The van der Waals surface area contributed by atoms with Gasteiger partial charge in [0.25, 0.3) is 5.56 Å². The zero-order valence-electron chi connectivity index (χ0n) is 14.6. The van der Waals surface area contributed by atoms with Gasteiger partial charge in [-0.2, -0.15) is 5.10 Å². The molecule has 0 aliphatic heterocycles. The van der Waals surface area contributed by atoms with Gasteiger partial charge in [0.1, 0.15) is 12.4 Å². The fraction of sp³-hybridized carbons (Fsp3) is 0.190. The van der Waals surface area contributed by atoms with Gasteiger partial charge in [0.15, 0.2) is 0 Å². The molecule has 6 heteroatoms. The molecule has 1 aliphatic carbocycles. The number of fused-ring (bicyclic) bond motifs is 1. The van der Waals surface area contributed by atoms with Crippen LogP contribution in [0.15, 0.2) is 59.4 Å². The van der Waals surface area contributed by atoms with Crippen LogP contribution in [0.2, 0.25) is 0 Å². The minimum Gasteiger partial charge on any atom is -0.324 e. The first-order chi connectivity index (χ1) is 13.1. The fourth-order valence-electron chi connectivity index (χ4n) is 3.32. The molecule has 27 heavy (non-hydrogen) atoms. The first kappa shape index (κ1) is 17.1. The number of aromatic nitrogens is 2. The third-order valence-electron chi connectivity index (χ3n) is 4.68. The molecule has 2 aromatic carbocycles. The van der Waals surface area contributed by atoms with E-state index in [0.29, 0.717) is 11.3 Å². The van der Waals surface area contributed by atoms with Crippen molar-refractivity contribution in [3.63, 3.8) is 0 Å². The molecule has 4 rings (SSSR count). The number of nitrogens with one attached hydrogen (secondary N) is 1. The number of benzene rings is 2. The zero-order chi connectivity index (χ0) is 18.8. The van der Waals surface area contributed by atoms with E-state index in [1.54, 1.807) is 18.2 Å². The maximum Gasteiger partial charge on any atom is 0.267 e. The van der Waals surface area contributed by atoms with Crippen molar-refractivity contribution in [3.8, 4) is 11.3 Å². The summed E-state index contributed by atoms with van der Waals surface area (Å²) in [6.45, 7) is -0.190. The number of carbonyl (C=O) groups excluding carboxylic acids is 1. The SMILES string of the molecule is O=C(Cn1nc(-c2ccc(F)cc2)ccc1=O)Nc1ccc2c(c1)CCC2. The number of anilines is 1. The summed E-state index contributed by atoms with van der Waals surface area (Å²) >= 11 is 0. The van der Waals surface area contributed by atoms with Gasteiger partial charge in [0, 0.05) is 17.3 Å². The molecule has 0 fully saturated rings. The van der Waals surface area contributed by atoms with E-state index in [1.165, 1.54) is 29.3 Å². The molecule has 136 valence electrons. The Labute approximate surface area is 155 Å². The fourth-order valence-corrected chi connectivity index (χ4v) is 3.32. The minimum absolute atomic E-state index is 0.190. The molecular weight excluding hydrogens is 345 g/mol. The van der Waals surface area contributed by atoms with Crippen molar-refractivity contribution in [1.82, 2.24) is 9.78 Å². The highest BCUT2D eigenvalue weighted by Crippen LogP contribution is 2.24. The van der Waals surface area contributed by atoms with Gasteiger partial charge in [-0.1, -0.05) is 6.07 Å². The molecule has 1 aliphatic rings. The molecule has 0 saturated heterocycles. The monoisotopic (exact) mass is 363 g/mol. The van der Waals surface area contributed by atoms with E-state index in [0.717, 1.165) is 29.6 Å². The highest BCUT2D eigenvalue weighted by Gasteiger charge is 2.13. The Kier molecular flexibility index (Phi) is 4.54. The average Bonchev–Trinajstić information content (AvgIpc) is 3.12. The van der Waals surface area contributed by atoms with Crippen LogP contribution in [-0.2, 0) is 24.2 Å². The summed E-state index contributed by atoms with van der Waals surface area (Å²) in [6.07, 6.45) is 3.25. The Morgan fingerprint density at radius 3 is 2.63 bits per heavy atom. The predicted molar refractivity (Wildman–Crippen MR) is 101 cm³/mol. The van der Waals surface area contributed by atoms with Crippen molar-refractivity contribution < 1.29 is 9.18 Å². The molecule has 0 spiro atoms. The molecule has 0 saturated carbocycles. The van der Waals surface area contributed by atoms with Gasteiger partial charge in [-0.25, -0.2) is 9.07 Å². The number of halogens is 1. The number of rotatable bonds is 4. The van der Waals surface area contributed by atoms with Gasteiger partial charge in [0.2, 0.25) is 5.91 Å². The maximum absolute atomic E-state index is 13.1. The summed E-state index contributed by atoms with van der Waals surface area (Å²) in [5, 5.41) is 7.06. The quantitative estimate of drug-likeness (QED) is 0.774. The summed E-state index contributed by atoms with van der Waals surface area (Å²) < 4.78 is 14.2. The van der Waals surface area contributed by atoms with Crippen LogP contribution >= 0.6 is 0 Å². The number of hydrogen-bond donors (Lipinski definition) is 1. The largest absolute Gasteiger partial charge is 0.324 e. The van der Waals surface area contributed by atoms with Crippen LogP contribution in [0, 0.1) is 5.82 Å². The normalized spacial score (nSPS) is 12.6. The number of carbonyl (C=O) groups is 1. The van der Waals surface area contributed by atoms with E-state index in [2.05, 4.69) is 10.4 Å². The Hall–Kier alpha value is -3.28. The minimum atomic E-state index is -0.370. The second-order valence-corrected chi connectivity index (χ2v) is 6.61. The van der Waals surface area contributed by atoms with Crippen LogP contribution in [0.5, 0.6) is 0 Å². The zero-order valence-corrected chi connectivity index (χ0v) is 14.6. The van der Waals surface area contributed by atoms with Crippen molar-refractivity contribution in [2.24, 2.45) is 0 Å². The maximum atomic E-state index is 13.1. The third kappa shape index (κ3) is 3.79. The highest BCUT2D eigenvalue weighted by atomic mass is 19.1. The molecule has 0 bridgehead atoms. The molecule has 1 heterocycles. The standard InChI is InChI=1S/C21H18FN3O2/c22-17-7-4-15(5-8-17)19-10-11-21(27)25(24-19)13-20(26)23-18-9-6-14-2-1-3-16(14)12-18/h4-12H,1-3,13H2,(H,23,26). The van der Waals surface area contributed by atoms with E-state index in [4.69, 9.17) is 0 Å². The smallest absolute Gasteiger partial charge is 0.267 e. The molecule has 5 nitrogen and oxygen atoms in total. The lowest BCUT2D eigenvalue weighted by Crippen LogP contribution is -2.29. The summed E-state index contributed by atoms with van der Waals surface area (Å²) in [7, 11) is 0. The lowest BCUT2D eigenvalue weighted by molar-refractivity contribution is -0.117. The number of nitrogens with zero attached hydrogens (tertiary/aromatic N) is 2. The molecule has 0 radical (unpaired) electrons. The van der Waals surface area contributed by atoms with Crippen molar-refractivity contribution in [1.29, 1.82) is 0 Å². The second-order valence-electron chi connectivity index (χ2n) is 6.61. The molecule has 3 aromatic rings. The third-order valence-corrected chi connectivity index (χ3v) is 4.68. The van der Waals surface area contributed by atoms with E-state index in [-0.39, 0.29) is 23.8 Å². The van der Waals surface area contributed by atoms with Crippen LogP contribution in [0.25, 0.3) is 11.3 Å². The van der Waals surface area contributed by atoms with E-state index in [9.17, 15) is 14.0 Å². The summed E-state index contributed by atoms with van der Waals surface area (Å²) in [4.78, 5) is 24.4. The first-order valence-electron chi connectivity index (χ1n) is 8.84. The molecular formula is C21H18FN3O2. The lowest BCUT2D eigenvalue weighted by Gasteiger charge is -2.09. The van der Waals surface area contributed by atoms with Crippen LogP contribution < -0.4 is 10.9 Å². The van der Waals surface area contributed by atoms with Crippen LogP contribution in [0.4, 0.5) is 10.1 Å². The first-order valence-corrected chi connectivity index (χ1v) is 8.84. The Bertz CT molecular complexity index is 1060. The van der Waals surface area contributed by atoms with E-state index < -0.39 is 0 Å².